The van der Waals surface area contributed by atoms with E-state index >= 15 is 0 Å². The quantitative estimate of drug-likeness (QED) is 0.588. The molecule has 0 radical (unpaired) electrons. The average molecular weight is 437 g/mol. The van der Waals surface area contributed by atoms with Crippen LogP contribution in [-0.2, 0) is 22.6 Å². The highest BCUT2D eigenvalue weighted by atomic mass is 35.5. The average Bonchev–Trinajstić information content (AvgIpc) is 3.07. The van der Waals surface area contributed by atoms with Crippen LogP contribution in [-0.4, -0.2) is 40.2 Å². The molecule has 1 atom stereocenters. The molecule has 5 rings (SSSR count). The summed E-state index contributed by atoms with van der Waals surface area (Å²) in [6.07, 6.45) is 1.16. The second kappa shape index (κ2) is 7.74. The van der Waals surface area contributed by atoms with E-state index in [1.807, 2.05) is 23.1 Å². The zero-order valence-corrected chi connectivity index (χ0v) is 17.5. The van der Waals surface area contributed by atoms with Gasteiger partial charge in [0.25, 0.3) is 5.91 Å². The number of carbonyl (C=O) groups excluding carboxylic acids is 3. The van der Waals surface area contributed by atoms with E-state index < -0.39 is 6.04 Å². The molecule has 3 N–H and O–H groups in total. The van der Waals surface area contributed by atoms with Gasteiger partial charge in [-0.25, -0.2) is 0 Å². The highest BCUT2D eigenvalue weighted by Gasteiger charge is 2.29. The van der Waals surface area contributed by atoms with Crippen molar-refractivity contribution in [2.45, 2.75) is 31.8 Å². The molecule has 1 aromatic heterocycles. The largest absolute Gasteiger partial charge is 0.358 e. The third kappa shape index (κ3) is 3.65. The summed E-state index contributed by atoms with van der Waals surface area (Å²) >= 11 is 6.16. The Labute approximate surface area is 183 Å². The molecule has 2 aliphatic heterocycles. The summed E-state index contributed by atoms with van der Waals surface area (Å²) in [5.41, 5.74) is 4.15. The fraction of sp³-hybridized carbons (Fsp3) is 0.261. The van der Waals surface area contributed by atoms with Gasteiger partial charge in [0.1, 0.15) is 6.04 Å². The molecule has 2 aromatic carbocycles. The Morgan fingerprint density at radius 2 is 2.00 bits per heavy atom. The normalized spacial score (nSPS) is 18.1. The summed E-state index contributed by atoms with van der Waals surface area (Å²) in [7, 11) is 0. The van der Waals surface area contributed by atoms with Crippen LogP contribution in [0.5, 0.6) is 0 Å². The number of amides is 3. The smallest absolute Gasteiger partial charge is 0.254 e. The van der Waals surface area contributed by atoms with Crippen molar-refractivity contribution in [2.24, 2.45) is 0 Å². The van der Waals surface area contributed by atoms with Crippen LogP contribution in [0.15, 0.2) is 42.5 Å². The maximum absolute atomic E-state index is 12.9. The number of rotatable bonds is 3. The summed E-state index contributed by atoms with van der Waals surface area (Å²) < 4.78 is 0. The van der Waals surface area contributed by atoms with Crippen molar-refractivity contribution < 1.29 is 14.4 Å². The molecule has 0 saturated heterocycles. The van der Waals surface area contributed by atoms with Crippen molar-refractivity contribution in [3.63, 3.8) is 0 Å². The van der Waals surface area contributed by atoms with Gasteiger partial charge in [0.05, 0.1) is 11.3 Å². The van der Waals surface area contributed by atoms with Crippen LogP contribution >= 0.6 is 11.6 Å². The monoisotopic (exact) mass is 436 g/mol. The van der Waals surface area contributed by atoms with Crippen LogP contribution < -0.4 is 10.6 Å². The van der Waals surface area contributed by atoms with Crippen LogP contribution in [0.3, 0.4) is 0 Å². The number of aromatic amines is 1. The number of nitrogens with one attached hydrogen (secondary N) is 3. The van der Waals surface area contributed by atoms with E-state index in [0.717, 1.165) is 28.6 Å². The molecule has 3 amide bonds. The number of anilines is 1. The molecule has 1 unspecified atom stereocenters. The first-order valence-corrected chi connectivity index (χ1v) is 10.6. The van der Waals surface area contributed by atoms with E-state index in [1.54, 1.807) is 24.3 Å². The number of hydrogen-bond donors (Lipinski definition) is 3. The summed E-state index contributed by atoms with van der Waals surface area (Å²) in [5, 5.41) is 7.22. The molecule has 0 saturated carbocycles. The Morgan fingerprint density at radius 1 is 1.16 bits per heavy atom. The van der Waals surface area contributed by atoms with Gasteiger partial charge in [0.15, 0.2) is 0 Å². The highest BCUT2D eigenvalue weighted by Crippen LogP contribution is 2.30. The number of aromatic nitrogens is 1. The Kier molecular flexibility index (Phi) is 4.90. The van der Waals surface area contributed by atoms with E-state index in [1.165, 1.54) is 0 Å². The van der Waals surface area contributed by atoms with E-state index in [9.17, 15) is 14.4 Å². The number of fused-ring (bicyclic) bond motifs is 4. The summed E-state index contributed by atoms with van der Waals surface area (Å²) in [5.74, 6) is -0.658. The van der Waals surface area contributed by atoms with Crippen LogP contribution in [0.25, 0.3) is 10.9 Å². The van der Waals surface area contributed by atoms with Crippen molar-refractivity contribution in [3.05, 3.63) is 64.3 Å². The molecule has 7 nitrogen and oxygen atoms in total. The number of benzene rings is 2. The lowest BCUT2D eigenvalue weighted by Crippen LogP contribution is -2.42. The van der Waals surface area contributed by atoms with Gasteiger partial charge in [-0.2, -0.15) is 0 Å². The van der Waals surface area contributed by atoms with Crippen molar-refractivity contribution in [3.8, 4) is 0 Å². The number of nitrogens with zero attached hydrogens (tertiary/aromatic N) is 1. The third-order valence-electron chi connectivity index (χ3n) is 5.99. The predicted molar refractivity (Wildman–Crippen MR) is 118 cm³/mol. The number of carbonyl (C=O) groups is 3. The maximum Gasteiger partial charge on any atom is 0.254 e. The molecule has 3 aromatic rings. The Morgan fingerprint density at radius 3 is 2.87 bits per heavy atom. The van der Waals surface area contributed by atoms with Crippen LogP contribution in [0.1, 0.15) is 34.5 Å². The second-order valence-electron chi connectivity index (χ2n) is 7.94. The topological polar surface area (TPSA) is 94.3 Å². The van der Waals surface area contributed by atoms with E-state index in [2.05, 4.69) is 15.6 Å². The van der Waals surface area contributed by atoms with Gasteiger partial charge in [-0.3, -0.25) is 14.4 Å². The lowest BCUT2D eigenvalue weighted by molar-refractivity contribution is -0.132. The fourth-order valence-electron chi connectivity index (χ4n) is 4.34. The first kappa shape index (κ1) is 19.6. The number of hydrogen-bond acceptors (Lipinski definition) is 3. The van der Waals surface area contributed by atoms with E-state index in [-0.39, 0.29) is 30.6 Å². The van der Waals surface area contributed by atoms with Gasteiger partial charge < -0.3 is 20.5 Å². The lowest BCUT2D eigenvalue weighted by atomic mass is 10.0. The Bertz CT molecular complexity index is 1220. The number of halogens is 1. The molecule has 0 bridgehead atoms. The first-order valence-electron chi connectivity index (χ1n) is 10.3. The summed E-state index contributed by atoms with van der Waals surface area (Å²) in [6.45, 7) is 1.12. The zero-order valence-electron chi connectivity index (χ0n) is 16.7. The van der Waals surface area contributed by atoms with E-state index in [0.29, 0.717) is 29.4 Å². The SMILES string of the molecule is O=C1NC(CCC(=O)N2CCc3[nH]c4ccc(Cl)cc4c3C2)C(=O)Nc2ccccc21. The minimum atomic E-state index is -0.754. The summed E-state index contributed by atoms with van der Waals surface area (Å²) in [6, 6.07) is 11.8. The minimum Gasteiger partial charge on any atom is -0.358 e. The Hall–Kier alpha value is -3.32. The fourth-order valence-corrected chi connectivity index (χ4v) is 4.51. The molecular formula is C23H21ClN4O3. The predicted octanol–water partition coefficient (Wildman–Crippen LogP) is 3.24. The van der Waals surface area contributed by atoms with E-state index in [4.69, 9.17) is 11.6 Å². The number of para-hydroxylation sites is 1. The van der Waals surface area contributed by atoms with Crippen molar-refractivity contribution in [1.82, 2.24) is 15.2 Å². The molecule has 0 fully saturated rings. The zero-order chi connectivity index (χ0) is 21.5. The lowest BCUT2D eigenvalue weighted by Gasteiger charge is -2.28. The third-order valence-corrected chi connectivity index (χ3v) is 6.22. The van der Waals surface area contributed by atoms with Gasteiger partial charge in [-0.05, 0) is 36.8 Å². The van der Waals surface area contributed by atoms with Crippen molar-refractivity contribution in [2.75, 3.05) is 11.9 Å². The first-order chi connectivity index (χ1) is 15.0. The molecule has 2 aliphatic rings. The number of H-pyrrole nitrogens is 1. The van der Waals surface area contributed by atoms with Crippen molar-refractivity contribution >= 4 is 45.9 Å². The molecule has 3 heterocycles. The van der Waals surface area contributed by atoms with Gasteiger partial charge in [0.2, 0.25) is 11.8 Å². The molecule has 31 heavy (non-hydrogen) atoms. The van der Waals surface area contributed by atoms with Gasteiger partial charge in [-0.1, -0.05) is 23.7 Å². The van der Waals surface area contributed by atoms with Crippen LogP contribution in [0.4, 0.5) is 5.69 Å². The molecule has 158 valence electrons. The van der Waals surface area contributed by atoms with Gasteiger partial charge in [-0.15, -0.1) is 0 Å². The molecule has 8 heteroatoms. The molecule has 0 aliphatic carbocycles. The van der Waals surface area contributed by atoms with Gasteiger partial charge >= 0.3 is 0 Å². The van der Waals surface area contributed by atoms with Crippen LogP contribution in [0, 0.1) is 0 Å². The standard InChI is InChI=1S/C23H21ClN4O3/c24-13-5-6-18-15(11-13)16-12-28(10-9-19(16)25-18)21(29)8-7-20-23(31)26-17-4-2-1-3-14(17)22(30)27-20/h1-6,11,20,25H,7-10,12H2,(H,26,31)(H,27,30). The summed E-state index contributed by atoms with van der Waals surface area (Å²) in [4.78, 5) is 43.1. The highest BCUT2D eigenvalue weighted by molar-refractivity contribution is 6.31. The second-order valence-corrected chi connectivity index (χ2v) is 8.37. The van der Waals surface area contributed by atoms with Crippen molar-refractivity contribution in [1.29, 1.82) is 0 Å². The van der Waals surface area contributed by atoms with Crippen LogP contribution in [0.2, 0.25) is 5.02 Å². The minimum absolute atomic E-state index is 0.0363. The molecular weight excluding hydrogens is 416 g/mol. The maximum atomic E-state index is 12.9. The van der Waals surface area contributed by atoms with Gasteiger partial charge in [0, 0.05) is 53.1 Å². The Balaban J connectivity index is 1.26. The molecule has 0 spiro atoms.